The van der Waals surface area contributed by atoms with E-state index in [-0.39, 0.29) is 38.8 Å². The van der Waals surface area contributed by atoms with Crippen molar-refractivity contribution in [1.29, 1.82) is 0 Å². The van der Waals surface area contributed by atoms with Crippen LogP contribution in [0.5, 0.6) is 0 Å². The summed E-state index contributed by atoms with van der Waals surface area (Å²) in [6.45, 7) is 9.36. The molecule has 2 aromatic heterocycles. The number of aromatic nitrogens is 4. The van der Waals surface area contributed by atoms with Crippen LogP contribution in [0.1, 0.15) is 25.6 Å². The molecule has 2 rings (SSSR count). The number of hydrogen-bond donors (Lipinski definition) is 2. The van der Waals surface area contributed by atoms with Crippen LogP contribution in [0, 0.1) is 13.3 Å². The van der Waals surface area contributed by atoms with Gasteiger partial charge in [-0.15, -0.1) is 0 Å². The minimum Gasteiger partial charge on any atom is -0.369 e. The third kappa shape index (κ3) is 4.99. The maximum Gasteiger partial charge on any atom is 0.351 e. The molecule has 123 valence electrons. The number of ether oxygens (including phenoxy) is 1. The molecule has 23 heavy (non-hydrogen) atoms. The fourth-order valence-electron chi connectivity index (χ4n) is 2.04. The van der Waals surface area contributed by atoms with Gasteiger partial charge in [0.2, 0.25) is 0 Å². The van der Waals surface area contributed by atoms with Crippen molar-refractivity contribution in [3.63, 3.8) is 0 Å². The predicted molar refractivity (Wildman–Crippen MR) is 80.2 cm³/mol. The first-order valence-corrected chi connectivity index (χ1v) is 8.42. The van der Waals surface area contributed by atoms with Crippen molar-refractivity contribution in [2.24, 2.45) is 0 Å². The Kier molecular flexibility index (Phi) is 7.20. The molecular formula is C13H18N4O4PY-. The fraction of sp³-hybridized carbons (Fsp3) is 0.462. The van der Waals surface area contributed by atoms with Crippen LogP contribution >= 0.6 is 7.60 Å². The number of hydrogen-bond acceptors (Lipinski definition) is 5. The van der Waals surface area contributed by atoms with Crippen molar-refractivity contribution in [2.45, 2.75) is 32.9 Å². The monoisotopic (exact) mass is 414 g/mol. The molecule has 0 spiro atoms. The van der Waals surface area contributed by atoms with Crippen LogP contribution in [0.4, 0.5) is 0 Å². The van der Waals surface area contributed by atoms with E-state index in [9.17, 15) is 4.57 Å². The van der Waals surface area contributed by atoms with Crippen LogP contribution in [0.2, 0.25) is 0 Å². The summed E-state index contributed by atoms with van der Waals surface area (Å²) in [5.74, 6) is 0. The topological polar surface area (TPSA) is 110 Å². The van der Waals surface area contributed by atoms with Crippen LogP contribution in [0.15, 0.2) is 18.5 Å². The predicted octanol–water partition coefficient (Wildman–Crippen LogP) is 1.59. The first-order chi connectivity index (χ1) is 10.2. The van der Waals surface area contributed by atoms with Crippen molar-refractivity contribution in [3.8, 4) is 0 Å². The van der Waals surface area contributed by atoms with E-state index in [4.69, 9.17) is 14.5 Å². The number of nitrogens with zero attached hydrogens (tertiary/aromatic N) is 4. The zero-order valence-corrected chi connectivity index (χ0v) is 16.9. The summed E-state index contributed by atoms with van der Waals surface area (Å²) in [5.41, 5.74) is 2.70. The molecule has 0 aliphatic carbocycles. The molecule has 0 saturated carbocycles. The number of rotatable bonds is 6. The molecular weight excluding hydrogens is 396 g/mol. The summed E-state index contributed by atoms with van der Waals surface area (Å²) in [4.78, 5) is 30.1. The first-order valence-electron chi connectivity index (χ1n) is 6.63. The van der Waals surface area contributed by atoms with E-state index >= 15 is 0 Å². The summed E-state index contributed by atoms with van der Waals surface area (Å²) >= 11 is 0. The molecule has 0 unspecified atom stereocenters. The SMILES string of the molecule is C=C([C@H](C)OCP(=O)(O)O)[C@H](C)n1cnc2c(C)n[c-]nc21.[Y]. The number of aryl methyl sites for hydroxylation is 1. The van der Waals surface area contributed by atoms with Gasteiger partial charge in [0.15, 0.2) is 0 Å². The molecule has 2 atom stereocenters. The Labute approximate surface area is 159 Å². The molecule has 0 bridgehead atoms. The minimum absolute atomic E-state index is 0. The normalized spacial score (nSPS) is 14.3. The average molecular weight is 414 g/mol. The minimum atomic E-state index is -4.20. The fourth-order valence-corrected chi connectivity index (χ4v) is 2.46. The van der Waals surface area contributed by atoms with Crippen LogP contribution < -0.4 is 0 Å². The summed E-state index contributed by atoms with van der Waals surface area (Å²) in [6, 6.07) is -0.209. The molecule has 1 radical (unpaired) electrons. The van der Waals surface area contributed by atoms with Crippen LogP contribution in [-0.2, 0) is 42.0 Å². The largest absolute Gasteiger partial charge is 0.369 e. The van der Waals surface area contributed by atoms with Crippen LogP contribution in [-0.4, -0.2) is 41.8 Å². The van der Waals surface area contributed by atoms with E-state index in [1.165, 1.54) is 0 Å². The molecule has 0 aliphatic heterocycles. The summed E-state index contributed by atoms with van der Waals surface area (Å²) in [7, 11) is -4.20. The second-order valence-corrected chi connectivity index (χ2v) is 6.67. The van der Waals surface area contributed by atoms with Gasteiger partial charge in [0.05, 0.1) is 12.4 Å². The van der Waals surface area contributed by atoms with Crippen LogP contribution in [0.25, 0.3) is 11.2 Å². The molecule has 0 aromatic carbocycles. The van der Waals surface area contributed by atoms with E-state index in [0.717, 1.165) is 5.69 Å². The molecule has 8 nitrogen and oxygen atoms in total. The molecule has 10 heteroatoms. The Balaban J connectivity index is 0.00000264. The van der Waals surface area contributed by atoms with Gasteiger partial charge < -0.3 is 29.1 Å². The Morgan fingerprint density at radius 2 is 2.13 bits per heavy atom. The van der Waals surface area contributed by atoms with Gasteiger partial charge in [-0.25, -0.2) is 0 Å². The second kappa shape index (κ2) is 8.05. The van der Waals surface area contributed by atoms with Crippen molar-refractivity contribution in [2.75, 3.05) is 6.35 Å². The van der Waals surface area contributed by atoms with E-state index in [2.05, 4.69) is 27.9 Å². The zero-order chi connectivity index (χ0) is 16.5. The van der Waals surface area contributed by atoms with Crippen molar-refractivity contribution < 1.29 is 51.8 Å². The Morgan fingerprint density at radius 1 is 1.48 bits per heavy atom. The van der Waals surface area contributed by atoms with Gasteiger partial charge in [0, 0.05) is 56.2 Å². The number of imidazole rings is 1. The molecule has 2 aromatic rings. The summed E-state index contributed by atoms with van der Waals surface area (Å²) in [6.07, 6.45) is 3.04. The second-order valence-electron chi connectivity index (χ2n) is 5.09. The van der Waals surface area contributed by atoms with E-state index < -0.39 is 20.0 Å². The smallest absolute Gasteiger partial charge is 0.351 e. The third-order valence-electron chi connectivity index (χ3n) is 3.45. The summed E-state index contributed by atoms with van der Waals surface area (Å²) < 4.78 is 17.9. The maximum absolute atomic E-state index is 10.9. The quantitative estimate of drug-likeness (QED) is 0.420. The first kappa shape index (κ1) is 20.5. The molecule has 0 aliphatic rings. The number of fused-ring (bicyclic) bond motifs is 1. The van der Waals surface area contributed by atoms with E-state index in [1.54, 1.807) is 17.8 Å². The molecule has 0 amide bonds. The van der Waals surface area contributed by atoms with Gasteiger partial charge in [0.1, 0.15) is 6.35 Å². The molecule has 0 saturated heterocycles. The Morgan fingerprint density at radius 3 is 2.74 bits per heavy atom. The van der Waals surface area contributed by atoms with Crippen molar-refractivity contribution >= 4 is 18.8 Å². The van der Waals surface area contributed by atoms with Gasteiger partial charge in [0.25, 0.3) is 0 Å². The summed E-state index contributed by atoms with van der Waals surface area (Å²) in [5, 5.41) is 0. The van der Waals surface area contributed by atoms with Gasteiger partial charge >= 0.3 is 7.60 Å². The average Bonchev–Trinajstić information content (AvgIpc) is 2.87. The van der Waals surface area contributed by atoms with Gasteiger partial charge in [-0.2, -0.15) is 0 Å². The van der Waals surface area contributed by atoms with Crippen molar-refractivity contribution in [3.05, 3.63) is 30.5 Å². The van der Waals surface area contributed by atoms with Gasteiger partial charge in [-0.05, 0) is 25.1 Å². The third-order valence-corrected chi connectivity index (χ3v) is 3.94. The molecule has 2 heterocycles. The Hall–Kier alpha value is -0.496. The molecule has 2 N–H and O–H groups in total. The van der Waals surface area contributed by atoms with Crippen molar-refractivity contribution in [1.82, 2.24) is 19.5 Å². The van der Waals surface area contributed by atoms with Gasteiger partial charge in [-0.1, -0.05) is 13.5 Å². The standard InChI is InChI=1S/C13H18N4O4P.Y/c1-8(11(4)21-7-22(18,19)20)10(3)17-6-16-12-9(2)14-5-15-13(12)17;/h6,10-11H,1,7H2,2-4H3,(H2,18,19,20);/q-1;/t10-,11-;/m0./s1. The molecule has 0 fully saturated rings. The Bertz CT molecular complexity index is 745. The van der Waals surface area contributed by atoms with Crippen LogP contribution in [0.3, 0.4) is 0 Å². The van der Waals surface area contributed by atoms with E-state index in [1.807, 2.05) is 13.8 Å². The maximum atomic E-state index is 10.9. The zero-order valence-electron chi connectivity index (χ0n) is 13.2. The van der Waals surface area contributed by atoms with E-state index in [0.29, 0.717) is 16.7 Å². The van der Waals surface area contributed by atoms with Gasteiger partial charge in [-0.3, -0.25) is 9.55 Å².